The third kappa shape index (κ3) is 8.29. The average Bonchev–Trinajstić information content (AvgIpc) is 2.86. The Morgan fingerprint density at radius 1 is 0.900 bits per heavy atom. The molecule has 0 aliphatic heterocycles. The van der Waals surface area contributed by atoms with Gasteiger partial charge >= 0.3 is 6.43 Å². The molecule has 15 heteroatoms. The summed E-state index contributed by atoms with van der Waals surface area (Å²) in [7, 11) is 0. The van der Waals surface area contributed by atoms with E-state index < -0.39 is 63.7 Å². The zero-order valence-electron chi connectivity index (χ0n) is 19.7. The number of carbonyl (C=O) groups excluding carboxylic acids is 3. The lowest BCUT2D eigenvalue weighted by atomic mass is 10.1. The summed E-state index contributed by atoms with van der Waals surface area (Å²) in [5.41, 5.74) is -1.45. The minimum atomic E-state index is -3.54. The van der Waals surface area contributed by atoms with Gasteiger partial charge in [0.1, 0.15) is 21.7 Å². The summed E-state index contributed by atoms with van der Waals surface area (Å²) >= 11 is 21.7. The lowest BCUT2D eigenvalue weighted by Gasteiger charge is -2.19. The van der Waals surface area contributed by atoms with Crippen molar-refractivity contribution in [2.45, 2.75) is 23.6 Å². The molecule has 3 rings (SSSR count). The molecule has 0 fully saturated rings. The van der Waals surface area contributed by atoms with Crippen LogP contribution in [0.3, 0.4) is 0 Å². The number of hydrogen-bond donors (Lipinski definition) is 3. The van der Waals surface area contributed by atoms with Crippen LogP contribution >= 0.6 is 50.7 Å². The van der Waals surface area contributed by atoms with Gasteiger partial charge in [0.25, 0.3) is 11.8 Å². The van der Waals surface area contributed by atoms with Crippen LogP contribution in [0.2, 0.25) is 5.02 Å². The molecule has 0 saturated heterocycles. The van der Waals surface area contributed by atoms with E-state index in [1.807, 2.05) is 0 Å². The molecular weight excluding hydrogens is 672 g/mol. The van der Waals surface area contributed by atoms with E-state index in [2.05, 4.69) is 26.6 Å². The Morgan fingerprint density at radius 3 is 2.23 bits per heavy atom. The molecule has 0 bridgehead atoms. The average molecular weight is 688 g/mol. The number of anilines is 3. The molecule has 0 unspecified atom stereocenters. The van der Waals surface area contributed by atoms with Crippen LogP contribution in [0.5, 0.6) is 0 Å². The SMILES string of the molecule is O=C(CC(Cl)(Cl)Cc1ccc(F)c(Br)c1)Nc1ccc(Cl)c(C(=O)Nc2ccc(F)c(NC(=O)C(F)F)c2F)c1. The van der Waals surface area contributed by atoms with Gasteiger partial charge in [0.2, 0.25) is 5.91 Å². The zero-order valence-corrected chi connectivity index (χ0v) is 23.6. The molecule has 40 heavy (non-hydrogen) atoms. The first kappa shape index (κ1) is 31.6. The highest BCUT2D eigenvalue weighted by atomic mass is 79.9. The van der Waals surface area contributed by atoms with Gasteiger partial charge in [-0.15, -0.1) is 23.2 Å². The predicted octanol–water partition coefficient (Wildman–Crippen LogP) is 7.72. The van der Waals surface area contributed by atoms with Crippen molar-refractivity contribution in [1.82, 2.24) is 0 Å². The van der Waals surface area contributed by atoms with Gasteiger partial charge in [-0.3, -0.25) is 14.4 Å². The Hall–Kier alpha value is -2.93. The maximum atomic E-state index is 14.7. The Kier molecular flexibility index (Phi) is 10.4. The molecule has 6 nitrogen and oxygen atoms in total. The fourth-order valence-electron chi connectivity index (χ4n) is 3.36. The van der Waals surface area contributed by atoms with Gasteiger partial charge in [0.15, 0.2) is 5.82 Å². The summed E-state index contributed by atoms with van der Waals surface area (Å²) in [6, 6.07) is 9.35. The van der Waals surface area contributed by atoms with Crippen molar-refractivity contribution in [3.05, 3.63) is 86.6 Å². The molecular formula is C25H16BrCl3F5N3O3. The van der Waals surface area contributed by atoms with Crippen LogP contribution in [0, 0.1) is 17.5 Å². The fraction of sp³-hybridized carbons (Fsp3) is 0.160. The summed E-state index contributed by atoms with van der Waals surface area (Å²) in [5, 5.41) is 5.89. The minimum absolute atomic E-state index is 0.000322. The van der Waals surface area contributed by atoms with Crippen LogP contribution in [0.1, 0.15) is 22.3 Å². The Balaban J connectivity index is 1.72. The molecule has 0 saturated carbocycles. The second kappa shape index (κ2) is 13.2. The Labute approximate surface area is 247 Å². The van der Waals surface area contributed by atoms with E-state index in [-0.39, 0.29) is 27.2 Å². The summed E-state index contributed by atoms with van der Waals surface area (Å²) in [4.78, 5) is 36.6. The highest BCUT2D eigenvalue weighted by Gasteiger charge is 2.29. The van der Waals surface area contributed by atoms with Crippen LogP contribution in [-0.4, -0.2) is 28.5 Å². The number of carbonyl (C=O) groups is 3. The Bertz CT molecular complexity index is 1480. The molecule has 3 amide bonds. The van der Waals surface area contributed by atoms with E-state index in [1.165, 1.54) is 35.6 Å². The fourth-order valence-corrected chi connectivity index (χ4v) is 4.54. The van der Waals surface area contributed by atoms with E-state index in [0.29, 0.717) is 11.6 Å². The molecule has 0 spiro atoms. The van der Waals surface area contributed by atoms with Gasteiger partial charge in [-0.1, -0.05) is 17.7 Å². The van der Waals surface area contributed by atoms with Crippen molar-refractivity contribution >= 4 is 85.5 Å². The summed E-state index contributed by atoms with van der Waals surface area (Å²) in [5.74, 6) is -6.96. The van der Waals surface area contributed by atoms with Gasteiger partial charge in [-0.05, 0) is 64.0 Å². The first-order valence-electron chi connectivity index (χ1n) is 11.0. The number of alkyl halides is 4. The van der Waals surface area contributed by atoms with E-state index in [0.717, 1.165) is 12.1 Å². The second-order valence-corrected chi connectivity index (χ2v) is 11.1. The third-order valence-corrected chi connectivity index (χ3v) is 6.62. The smallest absolute Gasteiger partial charge is 0.315 e. The highest BCUT2D eigenvalue weighted by Crippen LogP contribution is 2.32. The van der Waals surface area contributed by atoms with Crippen LogP contribution in [-0.2, 0) is 16.0 Å². The van der Waals surface area contributed by atoms with Crippen molar-refractivity contribution in [1.29, 1.82) is 0 Å². The molecule has 0 aliphatic rings. The first-order valence-corrected chi connectivity index (χ1v) is 12.9. The quantitative estimate of drug-likeness (QED) is 0.159. The zero-order chi connectivity index (χ0) is 29.8. The van der Waals surface area contributed by atoms with Crippen LogP contribution in [0.15, 0.2) is 53.0 Å². The number of hydrogen-bond acceptors (Lipinski definition) is 3. The lowest BCUT2D eigenvalue weighted by molar-refractivity contribution is -0.126. The number of halogens is 9. The maximum absolute atomic E-state index is 14.7. The number of amides is 3. The van der Waals surface area contributed by atoms with Gasteiger partial charge in [-0.2, -0.15) is 8.78 Å². The molecule has 3 aromatic carbocycles. The summed E-state index contributed by atoms with van der Waals surface area (Å²) in [6.07, 6.45) is -3.94. The van der Waals surface area contributed by atoms with Crippen LogP contribution < -0.4 is 16.0 Å². The summed E-state index contributed by atoms with van der Waals surface area (Å²) < 4.78 is 65.7. The van der Waals surface area contributed by atoms with Gasteiger partial charge in [-0.25, -0.2) is 13.2 Å². The van der Waals surface area contributed by atoms with E-state index in [9.17, 15) is 36.3 Å². The van der Waals surface area contributed by atoms with Crippen molar-refractivity contribution in [3.63, 3.8) is 0 Å². The summed E-state index contributed by atoms with van der Waals surface area (Å²) in [6.45, 7) is 0. The monoisotopic (exact) mass is 685 g/mol. The van der Waals surface area contributed by atoms with Crippen molar-refractivity contribution in [2.75, 3.05) is 16.0 Å². The van der Waals surface area contributed by atoms with Crippen LogP contribution in [0.25, 0.3) is 0 Å². The molecule has 0 radical (unpaired) electrons. The predicted molar refractivity (Wildman–Crippen MR) is 146 cm³/mol. The van der Waals surface area contributed by atoms with Crippen molar-refractivity contribution < 1.29 is 36.3 Å². The van der Waals surface area contributed by atoms with E-state index >= 15 is 0 Å². The van der Waals surface area contributed by atoms with Gasteiger partial charge < -0.3 is 16.0 Å². The molecule has 0 aromatic heterocycles. The van der Waals surface area contributed by atoms with Crippen molar-refractivity contribution in [3.8, 4) is 0 Å². The molecule has 0 heterocycles. The van der Waals surface area contributed by atoms with Crippen LogP contribution in [0.4, 0.5) is 39.0 Å². The molecule has 0 aliphatic carbocycles. The first-order chi connectivity index (χ1) is 18.7. The number of benzene rings is 3. The number of nitrogens with one attached hydrogen (secondary N) is 3. The second-order valence-electron chi connectivity index (χ2n) is 8.23. The minimum Gasteiger partial charge on any atom is -0.326 e. The van der Waals surface area contributed by atoms with Crippen molar-refractivity contribution in [2.24, 2.45) is 0 Å². The molecule has 0 atom stereocenters. The number of rotatable bonds is 9. The largest absolute Gasteiger partial charge is 0.326 e. The molecule has 3 N–H and O–H groups in total. The van der Waals surface area contributed by atoms with Gasteiger partial charge in [0.05, 0.1) is 27.2 Å². The maximum Gasteiger partial charge on any atom is 0.315 e. The lowest BCUT2D eigenvalue weighted by Crippen LogP contribution is -2.26. The Morgan fingerprint density at radius 2 is 1.57 bits per heavy atom. The van der Waals surface area contributed by atoms with E-state index in [4.69, 9.17) is 34.8 Å². The molecule has 3 aromatic rings. The molecule has 212 valence electrons. The highest BCUT2D eigenvalue weighted by molar-refractivity contribution is 9.10. The van der Waals surface area contributed by atoms with Gasteiger partial charge in [0, 0.05) is 12.1 Å². The van der Waals surface area contributed by atoms with E-state index in [1.54, 1.807) is 0 Å². The standard InChI is InChI=1S/C25H16BrCl3F5N3O3/c26-14-7-11(1-4-16(14)30)9-25(28,29)10-19(38)35-12-2-3-15(27)13(8-12)23(39)36-18-6-5-17(31)21(20(18)32)37-24(40)22(33)34/h1-8,22H,9-10H2,(H,35,38)(H,36,39)(H,37,40). The topological polar surface area (TPSA) is 87.3 Å². The normalized spacial score (nSPS) is 11.3. The third-order valence-electron chi connectivity index (χ3n) is 5.15.